The molecule has 2 N–H and O–H groups in total. The summed E-state index contributed by atoms with van der Waals surface area (Å²) in [6.45, 7) is 4.24. The summed E-state index contributed by atoms with van der Waals surface area (Å²) in [5, 5.41) is 9.97. The van der Waals surface area contributed by atoms with E-state index in [1.54, 1.807) is 11.3 Å². The zero-order valence-electron chi connectivity index (χ0n) is 17.1. The molecular formula is C25H19N5S. The summed E-state index contributed by atoms with van der Waals surface area (Å²) in [5.41, 5.74) is 8.37. The number of aromatic nitrogens is 5. The zero-order chi connectivity index (χ0) is 20.9. The zero-order valence-corrected chi connectivity index (χ0v) is 17.9. The second-order valence-electron chi connectivity index (χ2n) is 7.74. The summed E-state index contributed by atoms with van der Waals surface area (Å²) in [6.07, 6.45) is 5.60. The van der Waals surface area contributed by atoms with Gasteiger partial charge >= 0.3 is 0 Å². The standard InChI is InChI=1S/C25H19N5S/c1-14-7-9-26-13-20(14)16-4-5-21-19(11-16)24(30-29-21)22-12-18-17(8-10-27-25(18)28-22)23-6-3-15(2)31-23/h3-13H,1-2H3,(H,27,28)(H,29,30). The third-order valence-corrected chi connectivity index (χ3v) is 6.74. The molecule has 0 saturated heterocycles. The summed E-state index contributed by atoms with van der Waals surface area (Å²) < 4.78 is 0. The minimum atomic E-state index is 0.869. The first-order valence-electron chi connectivity index (χ1n) is 10.1. The highest BCUT2D eigenvalue weighted by Crippen LogP contribution is 2.36. The average Bonchev–Trinajstić information content (AvgIpc) is 3.50. The van der Waals surface area contributed by atoms with Crippen LogP contribution < -0.4 is 0 Å². The van der Waals surface area contributed by atoms with Crippen molar-refractivity contribution in [3.63, 3.8) is 0 Å². The summed E-state index contributed by atoms with van der Waals surface area (Å²) in [4.78, 5) is 14.9. The molecule has 0 unspecified atom stereocenters. The van der Waals surface area contributed by atoms with Crippen LogP contribution in [0.15, 0.2) is 67.1 Å². The fraction of sp³-hybridized carbons (Fsp3) is 0.0800. The van der Waals surface area contributed by atoms with E-state index in [1.807, 2.05) is 24.7 Å². The van der Waals surface area contributed by atoms with E-state index in [1.165, 1.54) is 20.9 Å². The van der Waals surface area contributed by atoms with Crippen LogP contribution in [0.1, 0.15) is 10.4 Å². The van der Waals surface area contributed by atoms with E-state index in [2.05, 4.69) is 81.5 Å². The molecule has 0 radical (unpaired) electrons. The van der Waals surface area contributed by atoms with Crippen molar-refractivity contribution in [2.45, 2.75) is 13.8 Å². The van der Waals surface area contributed by atoms with Gasteiger partial charge in [-0.25, -0.2) is 4.98 Å². The average molecular weight is 422 g/mol. The lowest BCUT2D eigenvalue weighted by Gasteiger charge is -2.05. The highest BCUT2D eigenvalue weighted by Gasteiger charge is 2.15. The smallest absolute Gasteiger partial charge is 0.138 e. The number of benzene rings is 1. The lowest BCUT2D eigenvalue weighted by molar-refractivity contribution is 1.12. The monoisotopic (exact) mass is 421 g/mol. The molecule has 5 heterocycles. The van der Waals surface area contributed by atoms with Crippen molar-refractivity contribution >= 4 is 33.3 Å². The van der Waals surface area contributed by atoms with E-state index < -0.39 is 0 Å². The van der Waals surface area contributed by atoms with E-state index in [0.717, 1.165) is 44.5 Å². The Hall–Kier alpha value is -3.77. The van der Waals surface area contributed by atoms with Crippen molar-refractivity contribution in [2.75, 3.05) is 0 Å². The van der Waals surface area contributed by atoms with E-state index in [9.17, 15) is 0 Å². The van der Waals surface area contributed by atoms with Gasteiger partial charge in [-0.1, -0.05) is 6.07 Å². The number of aryl methyl sites for hydroxylation is 2. The van der Waals surface area contributed by atoms with Crippen molar-refractivity contribution < 1.29 is 0 Å². The molecule has 31 heavy (non-hydrogen) atoms. The fourth-order valence-corrected chi connectivity index (χ4v) is 5.01. The highest BCUT2D eigenvalue weighted by atomic mass is 32.1. The molecule has 0 amide bonds. The molecule has 0 bridgehead atoms. The molecule has 0 aliphatic rings. The molecule has 0 atom stereocenters. The molecule has 6 rings (SSSR count). The van der Waals surface area contributed by atoms with Crippen molar-refractivity contribution in [2.24, 2.45) is 0 Å². The first-order valence-corrected chi connectivity index (χ1v) is 10.9. The summed E-state index contributed by atoms with van der Waals surface area (Å²) >= 11 is 1.80. The van der Waals surface area contributed by atoms with E-state index >= 15 is 0 Å². The van der Waals surface area contributed by atoms with Crippen LogP contribution in [0.4, 0.5) is 0 Å². The van der Waals surface area contributed by atoms with Gasteiger partial charge in [0.1, 0.15) is 11.3 Å². The predicted octanol–water partition coefficient (Wildman–Crippen LogP) is 6.51. The second-order valence-corrected chi connectivity index (χ2v) is 9.03. The number of H-pyrrole nitrogens is 2. The van der Waals surface area contributed by atoms with Crippen LogP contribution in [0.5, 0.6) is 0 Å². The van der Waals surface area contributed by atoms with Crippen LogP contribution in [0.3, 0.4) is 0 Å². The molecule has 5 nitrogen and oxygen atoms in total. The quantitative estimate of drug-likeness (QED) is 0.342. The molecule has 6 heteroatoms. The Morgan fingerprint density at radius 1 is 0.871 bits per heavy atom. The van der Waals surface area contributed by atoms with Gasteiger partial charge in [0, 0.05) is 50.2 Å². The Bertz CT molecular complexity index is 1570. The molecule has 6 aromatic rings. The van der Waals surface area contributed by atoms with Gasteiger partial charge in [-0.2, -0.15) is 5.10 Å². The normalized spacial score (nSPS) is 11.5. The summed E-state index contributed by atoms with van der Waals surface area (Å²) in [5.74, 6) is 0. The fourth-order valence-electron chi connectivity index (χ4n) is 4.10. The Kier molecular flexibility index (Phi) is 4.01. The molecular weight excluding hydrogens is 402 g/mol. The van der Waals surface area contributed by atoms with Gasteiger partial charge in [0.2, 0.25) is 0 Å². The van der Waals surface area contributed by atoms with Crippen molar-refractivity contribution in [1.82, 2.24) is 25.1 Å². The summed E-state index contributed by atoms with van der Waals surface area (Å²) in [7, 11) is 0. The van der Waals surface area contributed by atoms with Gasteiger partial charge in [0.25, 0.3) is 0 Å². The Labute approximate surface area is 182 Å². The first-order chi connectivity index (χ1) is 15.2. The largest absolute Gasteiger partial charge is 0.338 e. The topological polar surface area (TPSA) is 70.2 Å². The predicted molar refractivity (Wildman–Crippen MR) is 127 cm³/mol. The highest BCUT2D eigenvalue weighted by molar-refractivity contribution is 7.15. The molecule has 0 spiro atoms. The maximum absolute atomic E-state index is 4.63. The van der Waals surface area contributed by atoms with Gasteiger partial charge in [-0.15, -0.1) is 11.3 Å². The van der Waals surface area contributed by atoms with Crippen LogP contribution in [-0.4, -0.2) is 25.1 Å². The molecule has 150 valence electrons. The van der Waals surface area contributed by atoms with Crippen molar-refractivity contribution in [1.29, 1.82) is 0 Å². The van der Waals surface area contributed by atoms with Gasteiger partial charge in [0.15, 0.2) is 0 Å². The number of hydrogen-bond donors (Lipinski definition) is 2. The number of aromatic amines is 2. The van der Waals surface area contributed by atoms with E-state index in [0.29, 0.717) is 0 Å². The van der Waals surface area contributed by atoms with Crippen molar-refractivity contribution in [3.05, 3.63) is 77.6 Å². The number of pyridine rings is 2. The number of fused-ring (bicyclic) bond motifs is 2. The van der Waals surface area contributed by atoms with Crippen LogP contribution in [0, 0.1) is 13.8 Å². The maximum atomic E-state index is 4.63. The van der Waals surface area contributed by atoms with Crippen LogP contribution in [0.25, 0.3) is 54.9 Å². The lowest BCUT2D eigenvalue weighted by atomic mass is 10.0. The maximum Gasteiger partial charge on any atom is 0.138 e. The van der Waals surface area contributed by atoms with Gasteiger partial charge in [-0.3, -0.25) is 10.1 Å². The number of hydrogen-bond acceptors (Lipinski definition) is 4. The molecule has 5 aromatic heterocycles. The summed E-state index contributed by atoms with van der Waals surface area (Å²) in [6, 6.07) is 17.0. The van der Waals surface area contributed by atoms with E-state index in [-0.39, 0.29) is 0 Å². The SMILES string of the molecule is Cc1ccc(-c2ccnc3[nH]c(-c4n[nH]c5ccc(-c6cnccc6C)cc45)cc23)s1. The Morgan fingerprint density at radius 2 is 1.81 bits per heavy atom. The first kappa shape index (κ1) is 18.0. The van der Waals surface area contributed by atoms with Crippen LogP contribution >= 0.6 is 11.3 Å². The Morgan fingerprint density at radius 3 is 2.65 bits per heavy atom. The van der Waals surface area contributed by atoms with Gasteiger partial charge < -0.3 is 4.98 Å². The lowest BCUT2D eigenvalue weighted by Crippen LogP contribution is -1.85. The third-order valence-electron chi connectivity index (χ3n) is 5.71. The minimum absolute atomic E-state index is 0.869. The number of thiophene rings is 1. The molecule has 0 aliphatic carbocycles. The second kappa shape index (κ2) is 6.89. The number of nitrogens with one attached hydrogen (secondary N) is 2. The molecule has 1 aromatic carbocycles. The van der Waals surface area contributed by atoms with Gasteiger partial charge in [-0.05, 0) is 67.4 Å². The molecule has 0 saturated carbocycles. The number of nitrogens with zero attached hydrogens (tertiary/aromatic N) is 3. The third kappa shape index (κ3) is 2.95. The van der Waals surface area contributed by atoms with Crippen LogP contribution in [-0.2, 0) is 0 Å². The van der Waals surface area contributed by atoms with Gasteiger partial charge in [0.05, 0.1) is 11.2 Å². The molecule has 0 aliphatic heterocycles. The Balaban J connectivity index is 1.52. The molecule has 0 fully saturated rings. The van der Waals surface area contributed by atoms with Crippen LogP contribution in [0.2, 0.25) is 0 Å². The van der Waals surface area contributed by atoms with Crippen molar-refractivity contribution in [3.8, 4) is 33.0 Å². The number of rotatable bonds is 3. The minimum Gasteiger partial charge on any atom is -0.338 e. The van der Waals surface area contributed by atoms with E-state index in [4.69, 9.17) is 0 Å².